The number of likely N-dealkylation sites (tertiary alicyclic amines) is 1. The highest BCUT2D eigenvalue weighted by Gasteiger charge is 2.33. The van der Waals surface area contributed by atoms with Crippen molar-refractivity contribution in [2.24, 2.45) is 5.92 Å². The fourth-order valence-electron chi connectivity index (χ4n) is 4.21. The number of hydrogen-bond acceptors (Lipinski definition) is 4. The van der Waals surface area contributed by atoms with Gasteiger partial charge in [0.2, 0.25) is 0 Å². The lowest BCUT2D eigenvalue weighted by molar-refractivity contribution is -0.0284. The van der Waals surface area contributed by atoms with Crippen molar-refractivity contribution in [3.63, 3.8) is 0 Å². The van der Waals surface area contributed by atoms with Gasteiger partial charge in [0.05, 0.1) is 19.3 Å². The lowest BCUT2D eigenvalue weighted by Crippen LogP contribution is -2.43. The third-order valence-corrected chi connectivity index (χ3v) is 5.73. The SMILES string of the molecule is CCCOC(=O)N1CCC(C2Cc3[nH]c(=O)c4ccccc4c3CO2)CC1. The second-order valence-corrected chi connectivity index (χ2v) is 7.45. The maximum Gasteiger partial charge on any atom is 0.409 e. The Morgan fingerprint density at radius 1 is 1.26 bits per heavy atom. The van der Waals surface area contributed by atoms with Crippen LogP contribution in [-0.4, -0.2) is 41.8 Å². The predicted molar refractivity (Wildman–Crippen MR) is 103 cm³/mol. The fourth-order valence-corrected chi connectivity index (χ4v) is 4.21. The molecule has 6 heteroatoms. The number of piperidine rings is 1. The molecule has 1 N–H and O–H groups in total. The fraction of sp³-hybridized carbons (Fsp3) is 0.524. The topological polar surface area (TPSA) is 71.6 Å². The summed E-state index contributed by atoms with van der Waals surface area (Å²) in [5, 5.41) is 1.71. The van der Waals surface area contributed by atoms with Gasteiger partial charge in [-0.25, -0.2) is 4.79 Å². The predicted octanol–water partition coefficient (Wildman–Crippen LogP) is 3.23. The average Bonchev–Trinajstić information content (AvgIpc) is 2.72. The first-order valence-electron chi connectivity index (χ1n) is 9.83. The standard InChI is InChI=1S/C21H26N2O4/c1-2-11-26-21(25)23-9-7-14(8-10-23)19-12-18-17(13-27-19)15-5-3-4-6-16(15)20(24)22-18/h3-6,14,19H,2,7-13H2,1H3,(H,22,24). The minimum absolute atomic E-state index is 0.0292. The molecule has 2 aromatic rings. The van der Waals surface area contributed by atoms with Crippen LogP contribution in [0, 0.1) is 5.92 Å². The Morgan fingerprint density at radius 3 is 2.74 bits per heavy atom. The number of nitrogens with zero attached hydrogens (tertiary/aromatic N) is 1. The van der Waals surface area contributed by atoms with E-state index in [1.165, 1.54) is 0 Å². The zero-order valence-corrected chi connectivity index (χ0v) is 15.7. The van der Waals surface area contributed by atoms with Crippen molar-refractivity contribution in [1.29, 1.82) is 0 Å². The summed E-state index contributed by atoms with van der Waals surface area (Å²) in [5.74, 6) is 0.392. The van der Waals surface area contributed by atoms with Crippen molar-refractivity contribution in [1.82, 2.24) is 9.88 Å². The molecule has 1 amide bonds. The van der Waals surface area contributed by atoms with E-state index in [0.29, 0.717) is 32.2 Å². The lowest BCUT2D eigenvalue weighted by Gasteiger charge is -2.37. The Kier molecular flexibility index (Phi) is 5.16. The molecule has 2 aliphatic heterocycles. The van der Waals surface area contributed by atoms with Gasteiger partial charge in [0, 0.05) is 36.2 Å². The molecule has 27 heavy (non-hydrogen) atoms. The van der Waals surface area contributed by atoms with Gasteiger partial charge < -0.3 is 19.4 Å². The number of carbonyl (C=O) groups is 1. The Hall–Kier alpha value is -2.34. The molecule has 2 aliphatic rings. The summed E-state index contributed by atoms with van der Waals surface area (Å²) in [6.45, 7) is 4.40. The number of benzene rings is 1. The van der Waals surface area contributed by atoms with Gasteiger partial charge in [-0.15, -0.1) is 0 Å². The summed E-state index contributed by atoms with van der Waals surface area (Å²) >= 11 is 0. The smallest absolute Gasteiger partial charge is 0.409 e. The number of amides is 1. The van der Waals surface area contributed by atoms with Crippen molar-refractivity contribution >= 4 is 16.9 Å². The molecule has 1 fully saturated rings. The largest absolute Gasteiger partial charge is 0.449 e. The quantitative estimate of drug-likeness (QED) is 0.900. The zero-order valence-electron chi connectivity index (χ0n) is 15.7. The number of ether oxygens (including phenoxy) is 2. The summed E-state index contributed by atoms with van der Waals surface area (Å²) in [6.07, 6.45) is 3.24. The third kappa shape index (κ3) is 3.58. The van der Waals surface area contributed by atoms with E-state index in [1.54, 1.807) is 4.90 Å². The van der Waals surface area contributed by atoms with Crippen LogP contribution in [0.25, 0.3) is 10.8 Å². The number of hydrogen-bond donors (Lipinski definition) is 1. The minimum Gasteiger partial charge on any atom is -0.449 e. The molecule has 1 saturated heterocycles. The van der Waals surface area contributed by atoms with Crippen LogP contribution in [0.5, 0.6) is 0 Å². The first-order chi connectivity index (χ1) is 13.2. The molecular formula is C21H26N2O4. The van der Waals surface area contributed by atoms with E-state index < -0.39 is 0 Å². The van der Waals surface area contributed by atoms with E-state index >= 15 is 0 Å². The number of aromatic nitrogens is 1. The molecule has 1 atom stereocenters. The van der Waals surface area contributed by atoms with Gasteiger partial charge in [-0.05, 0) is 36.6 Å². The zero-order chi connectivity index (χ0) is 18.8. The number of pyridine rings is 1. The molecule has 144 valence electrons. The monoisotopic (exact) mass is 370 g/mol. The van der Waals surface area contributed by atoms with Crippen molar-refractivity contribution in [3.05, 3.63) is 45.9 Å². The van der Waals surface area contributed by atoms with Crippen molar-refractivity contribution in [2.75, 3.05) is 19.7 Å². The number of carbonyl (C=O) groups excluding carboxylic acids is 1. The summed E-state index contributed by atoms with van der Waals surface area (Å²) in [6, 6.07) is 7.69. The lowest BCUT2D eigenvalue weighted by atomic mass is 9.86. The van der Waals surface area contributed by atoms with Gasteiger partial charge >= 0.3 is 6.09 Å². The van der Waals surface area contributed by atoms with Crippen molar-refractivity contribution in [3.8, 4) is 0 Å². The highest BCUT2D eigenvalue weighted by Crippen LogP contribution is 2.31. The van der Waals surface area contributed by atoms with Crippen LogP contribution in [0.15, 0.2) is 29.1 Å². The number of H-pyrrole nitrogens is 1. The molecule has 0 spiro atoms. The number of rotatable bonds is 3. The van der Waals surface area contributed by atoms with Crippen LogP contribution >= 0.6 is 0 Å². The normalized spacial score (nSPS) is 20.5. The van der Waals surface area contributed by atoms with Gasteiger partial charge in [-0.2, -0.15) is 0 Å². The summed E-state index contributed by atoms with van der Waals surface area (Å²) in [4.78, 5) is 29.2. The second-order valence-electron chi connectivity index (χ2n) is 7.45. The van der Waals surface area contributed by atoms with E-state index in [9.17, 15) is 9.59 Å². The van der Waals surface area contributed by atoms with Crippen LogP contribution in [0.4, 0.5) is 4.79 Å². The van der Waals surface area contributed by atoms with Crippen LogP contribution in [0.1, 0.15) is 37.4 Å². The Bertz CT molecular complexity index is 883. The van der Waals surface area contributed by atoms with Crippen LogP contribution in [0.2, 0.25) is 0 Å². The number of fused-ring (bicyclic) bond motifs is 3. The summed E-state index contributed by atoms with van der Waals surface area (Å²) in [7, 11) is 0. The molecule has 0 aliphatic carbocycles. The highest BCUT2D eigenvalue weighted by atomic mass is 16.6. The second kappa shape index (κ2) is 7.72. The van der Waals surface area contributed by atoms with Crippen molar-refractivity contribution < 1.29 is 14.3 Å². The Labute approximate surface area is 158 Å². The molecule has 1 aromatic carbocycles. The van der Waals surface area contributed by atoms with Gasteiger partial charge in [0.25, 0.3) is 5.56 Å². The average molecular weight is 370 g/mol. The number of nitrogens with one attached hydrogen (secondary N) is 1. The first-order valence-corrected chi connectivity index (χ1v) is 9.83. The molecule has 0 saturated carbocycles. The molecule has 1 aromatic heterocycles. The van der Waals surface area contributed by atoms with E-state index in [-0.39, 0.29) is 17.8 Å². The Morgan fingerprint density at radius 2 is 2.00 bits per heavy atom. The van der Waals surface area contributed by atoms with Gasteiger partial charge in [-0.3, -0.25) is 4.79 Å². The van der Waals surface area contributed by atoms with E-state index in [0.717, 1.165) is 47.7 Å². The molecule has 1 unspecified atom stereocenters. The van der Waals surface area contributed by atoms with Crippen LogP contribution in [-0.2, 0) is 22.5 Å². The highest BCUT2D eigenvalue weighted by molar-refractivity contribution is 5.85. The molecule has 6 nitrogen and oxygen atoms in total. The molecule has 4 rings (SSSR count). The Balaban J connectivity index is 1.44. The third-order valence-electron chi connectivity index (χ3n) is 5.73. The van der Waals surface area contributed by atoms with Crippen LogP contribution in [0.3, 0.4) is 0 Å². The maximum absolute atomic E-state index is 12.4. The first kappa shape index (κ1) is 18.0. The molecule has 3 heterocycles. The molecule has 0 radical (unpaired) electrons. The molecule has 0 bridgehead atoms. The summed E-state index contributed by atoms with van der Waals surface area (Å²) < 4.78 is 11.4. The minimum atomic E-state index is -0.207. The maximum atomic E-state index is 12.4. The number of aromatic amines is 1. The van der Waals surface area contributed by atoms with E-state index in [1.807, 2.05) is 31.2 Å². The van der Waals surface area contributed by atoms with Crippen LogP contribution < -0.4 is 5.56 Å². The van der Waals surface area contributed by atoms with Gasteiger partial charge in [0.1, 0.15) is 0 Å². The van der Waals surface area contributed by atoms with E-state index in [4.69, 9.17) is 9.47 Å². The van der Waals surface area contributed by atoms with Crippen molar-refractivity contribution in [2.45, 2.75) is 45.3 Å². The van der Waals surface area contributed by atoms with Gasteiger partial charge in [0.15, 0.2) is 0 Å². The molecular weight excluding hydrogens is 344 g/mol. The van der Waals surface area contributed by atoms with E-state index in [2.05, 4.69) is 4.98 Å². The summed E-state index contributed by atoms with van der Waals surface area (Å²) in [5.41, 5.74) is 2.07. The van der Waals surface area contributed by atoms with Gasteiger partial charge in [-0.1, -0.05) is 25.1 Å².